The van der Waals surface area contributed by atoms with E-state index in [2.05, 4.69) is 15.3 Å². The third-order valence-corrected chi connectivity index (χ3v) is 4.07. The summed E-state index contributed by atoms with van der Waals surface area (Å²) in [6.07, 6.45) is 1.86. The summed E-state index contributed by atoms with van der Waals surface area (Å²) in [5.74, 6) is 0.661. The molecule has 0 spiro atoms. The highest BCUT2D eigenvalue weighted by atomic mass is 127. The molecule has 5 nitrogen and oxygen atoms in total. The Morgan fingerprint density at radius 2 is 2.17 bits per heavy atom. The first-order valence-electron chi connectivity index (χ1n) is 7.30. The van der Waals surface area contributed by atoms with Crippen LogP contribution in [-0.4, -0.2) is 43.1 Å². The zero-order valence-corrected chi connectivity index (χ0v) is 17.1. The van der Waals surface area contributed by atoms with Gasteiger partial charge < -0.3 is 15.0 Å². The summed E-state index contributed by atoms with van der Waals surface area (Å²) in [7, 11) is 3.64. The van der Waals surface area contributed by atoms with Crippen LogP contribution in [0.5, 0.6) is 5.75 Å². The fourth-order valence-corrected chi connectivity index (χ4v) is 2.71. The first kappa shape index (κ1) is 20.6. The molecule has 8 heteroatoms. The van der Waals surface area contributed by atoms with Crippen molar-refractivity contribution in [3.8, 4) is 5.75 Å². The Labute approximate surface area is 163 Å². The first-order valence-corrected chi connectivity index (χ1v) is 8.12. The quantitative estimate of drug-likeness (QED) is 0.405. The van der Waals surface area contributed by atoms with Crippen molar-refractivity contribution in [1.29, 1.82) is 0 Å². The van der Waals surface area contributed by atoms with Gasteiger partial charge in [0.05, 0.1) is 13.1 Å². The van der Waals surface area contributed by atoms with Gasteiger partial charge in [-0.05, 0) is 19.1 Å². The van der Waals surface area contributed by atoms with E-state index in [-0.39, 0.29) is 35.5 Å². The van der Waals surface area contributed by atoms with Crippen LogP contribution < -0.4 is 10.1 Å². The number of aliphatic imine (C=N–C) groups is 1. The molecule has 1 N–H and O–H groups in total. The van der Waals surface area contributed by atoms with Crippen LogP contribution >= 0.6 is 35.3 Å². The average Bonchev–Trinajstić information content (AvgIpc) is 2.95. The van der Waals surface area contributed by atoms with Crippen LogP contribution in [0.1, 0.15) is 9.88 Å². The van der Waals surface area contributed by atoms with Crippen molar-refractivity contribution in [2.45, 2.75) is 13.5 Å². The Balaban J connectivity index is 0.00000288. The summed E-state index contributed by atoms with van der Waals surface area (Å²) in [4.78, 5) is 11.7. The van der Waals surface area contributed by atoms with Gasteiger partial charge in [-0.3, -0.25) is 4.99 Å². The molecule has 0 atom stereocenters. The van der Waals surface area contributed by atoms with E-state index in [4.69, 9.17) is 4.74 Å². The zero-order valence-electron chi connectivity index (χ0n) is 14.0. The minimum Gasteiger partial charge on any atom is -0.489 e. The Morgan fingerprint density at radius 3 is 2.79 bits per heavy atom. The van der Waals surface area contributed by atoms with Gasteiger partial charge in [0, 0.05) is 25.2 Å². The summed E-state index contributed by atoms with van der Waals surface area (Å²) >= 11 is 1.66. The maximum absolute atomic E-state index is 13.5. The highest BCUT2D eigenvalue weighted by Crippen LogP contribution is 2.15. The van der Waals surface area contributed by atoms with E-state index in [1.807, 2.05) is 25.1 Å². The van der Waals surface area contributed by atoms with Gasteiger partial charge in [-0.1, -0.05) is 12.1 Å². The summed E-state index contributed by atoms with van der Waals surface area (Å²) < 4.78 is 18.9. The molecule has 0 aliphatic carbocycles. The Bertz CT molecular complexity index is 665. The van der Waals surface area contributed by atoms with Crippen molar-refractivity contribution >= 4 is 41.3 Å². The van der Waals surface area contributed by atoms with E-state index in [1.165, 1.54) is 10.9 Å². The number of guanidine groups is 1. The van der Waals surface area contributed by atoms with Crippen LogP contribution in [-0.2, 0) is 6.54 Å². The van der Waals surface area contributed by atoms with Crippen molar-refractivity contribution in [2.75, 3.05) is 27.2 Å². The monoisotopic (exact) mass is 464 g/mol. The molecule has 0 aliphatic rings. The Kier molecular flexibility index (Phi) is 8.98. The second-order valence-corrected chi connectivity index (χ2v) is 6.29. The molecular formula is C16H22FIN4OS. The molecule has 132 valence electrons. The van der Waals surface area contributed by atoms with Crippen LogP contribution in [0, 0.1) is 12.7 Å². The molecule has 0 saturated heterocycles. The van der Waals surface area contributed by atoms with Crippen molar-refractivity contribution in [2.24, 2.45) is 4.99 Å². The predicted octanol–water partition coefficient (Wildman–Crippen LogP) is 3.29. The minimum absolute atomic E-state index is 0. The van der Waals surface area contributed by atoms with Gasteiger partial charge in [0.2, 0.25) is 0 Å². The number of halogens is 2. The number of rotatable bonds is 6. The molecule has 2 rings (SSSR count). The molecule has 0 fully saturated rings. The van der Waals surface area contributed by atoms with E-state index in [9.17, 15) is 4.39 Å². The molecule has 0 radical (unpaired) electrons. The number of ether oxygens (including phenoxy) is 1. The molecule has 1 aromatic heterocycles. The van der Waals surface area contributed by atoms with Crippen molar-refractivity contribution in [1.82, 2.24) is 15.2 Å². The molecule has 24 heavy (non-hydrogen) atoms. The van der Waals surface area contributed by atoms with Crippen LogP contribution in [0.3, 0.4) is 0 Å². The minimum atomic E-state index is -0.350. The number of hydrogen-bond acceptors (Lipinski definition) is 4. The fourth-order valence-electron chi connectivity index (χ4n) is 1.98. The zero-order chi connectivity index (χ0) is 16.7. The van der Waals surface area contributed by atoms with E-state index >= 15 is 0 Å². The number of thiazole rings is 1. The fraction of sp³-hybridized carbons (Fsp3) is 0.375. The molecule has 1 heterocycles. The summed E-state index contributed by atoms with van der Waals surface area (Å²) in [5.41, 5.74) is 0. The third-order valence-electron chi connectivity index (χ3n) is 3.16. The van der Waals surface area contributed by atoms with Gasteiger partial charge in [0.25, 0.3) is 0 Å². The molecule has 2 aromatic rings. The predicted molar refractivity (Wildman–Crippen MR) is 107 cm³/mol. The Hall–Kier alpha value is -1.42. The topological polar surface area (TPSA) is 49.8 Å². The van der Waals surface area contributed by atoms with Gasteiger partial charge in [0.15, 0.2) is 17.5 Å². The van der Waals surface area contributed by atoms with E-state index in [0.29, 0.717) is 19.7 Å². The number of nitrogens with zero attached hydrogens (tertiary/aromatic N) is 3. The molecule has 0 saturated carbocycles. The average molecular weight is 464 g/mol. The van der Waals surface area contributed by atoms with Crippen LogP contribution in [0.4, 0.5) is 4.39 Å². The number of likely N-dealkylation sites (N-methyl/N-ethyl adjacent to an activating group) is 1. The molecule has 1 aromatic carbocycles. The number of benzene rings is 1. The largest absolute Gasteiger partial charge is 0.489 e. The van der Waals surface area contributed by atoms with E-state index in [1.54, 1.807) is 36.6 Å². The third kappa shape index (κ3) is 6.23. The van der Waals surface area contributed by atoms with Crippen LogP contribution in [0.2, 0.25) is 0 Å². The standard InChI is InChI=1S/C16H21FN4OS.HI/c1-12-10-19-15(23-12)11-20-16(18-2)21(3)8-9-22-14-7-5-4-6-13(14)17;/h4-7,10H,8-9,11H2,1-3H3,(H,18,20);1H. The van der Waals surface area contributed by atoms with Crippen molar-refractivity contribution < 1.29 is 9.13 Å². The lowest BCUT2D eigenvalue weighted by Gasteiger charge is -2.21. The van der Waals surface area contributed by atoms with Gasteiger partial charge >= 0.3 is 0 Å². The van der Waals surface area contributed by atoms with E-state index in [0.717, 1.165) is 11.0 Å². The van der Waals surface area contributed by atoms with Gasteiger partial charge in [-0.2, -0.15) is 0 Å². The summed E-state index contributed by atoms with van der Waals surface area (Å²) in [6.45, 7) is 3.62. The highest BCUT2D eigenvalue weighted by molar-refractivity contribution is 14.0. The summed E-state index contributed by atoms with van der Waals surface area (Å²) in [5, 5.41) is 4.27. The maximum atomic E-state index is 13.5. The molecule has 0 aliphatic heterocycles. The Morgan fingerprint density at radius 1 is 1.42 bits per heavy atom. The van der Waals surface area contributed by atoms with E-state index < -0.39 is 0 Å². The lowest BCUT2D eigenvalue weighted by molar-refractivity contribution is 0.270. The summed E-state index contributed by atoms with van der Waals surface area (Å²) in [6, 6.07) is 6.39. The van der Waals surface area contributed by atoms with Gasteiger partial charge in [-0.15, -0.1) is 35.3 Å². The van der Waals surface area contributed by atoms with Crippen LogP contribution in [0.25, 0.3) is 0 Å². The maximum Gasteiger partial charge on any atom is 0.193 e. The number of para-hydroxylation sites is 1. The molecule has 0 bridgehead atoms. The second kappa shape index (κ2) is 10.4. The van der Waals surface area contributed by atoms with Crippen LogP contribution in [0.15, 0.2) is 35.5 Å². The van der Waals surface area contributed by atoms with Gasteiger partial charge in [-0.25, -0.2) is 9.37 Å². The van der Waals surface area contributed by atoms with Crippen molar-refractivity contribution in [3.05, 3.63) is 46.2 Å². The normalized spacial score (nSPS) is 10.9. The van der Waals surface area contributed by atoms with Gasteiger partial charge in [0.1, 0.15) is 11.6 Å². The molecule has 0 unspecified atom stereocenters. The number of aryl methyl sites for hydroxylation is 1. The first-order chi connectivity index (χ1) is 11.1. The number of aromatic nitrogens is 1. The smallest absolute Gasteiger partial charge is 0.193 e. The van der Waals surface area contributed by atoms with Crippen molar-refractivity contribution in [3.63, 3.8) is 0 Å². The lowest BCUT2D eigenvalue weighted by atomic mass is 10.3. The SMILES string of the molecule is CN=C(NCc1ncc(C)s1)N(C)CCOc1ccccc1F.I. The number of hydrogen-bond donors (Lipinski definition) is 1. The highest BCUT2D eigenvalue weighted by Gasteiger charge is 2.08. The molecular weight excluding hydrogens is 442 g/mol. The number of nitrogens with one attached hydrogen (secondary N) is 1. The lowest BCUT2D eigenvalue weighted by Crippen LogP contribution is -2.40. The second-order valence-electron chi connectivity index (χ2n) is 4.97. The molecule has 0 amide bonds.